The average Bonchev–Trinajstić information content (AvgIpc) is 2.34. The van der Waals surface area contributed by atoms with Crippen LogP contribution in [0.5, 0.6) is 6.01 Å². The zero-order valence-electron chi connectivity index (χ0n) is 13.5. The first-order valence-corrected chi connectivity index (χ1v) is 7.19. The van der Waals surface area contributed by atoms with Crippen LogP contribution in [0.2, 0.25) is 0 Å². The zero-order valence-corrected chi connectivity index (χ0v) is 13.5. The normalized spacial score (nSPS) is 11.3. The van der Waals surface area contributed by atoms with Gasteiger partial charge in [0.15, 0.2) is 0 Å². The van der Waals surface area contributed by atoms with Crippen LogP contribution in [0.15, 0.2) is 0 Å². The number of anilines is 2. The van der Waals surface area contributed by atoms with E-state index >= 15 is 0 Å². The fourth-order valence-electron chi connectivity index (χ4n) is 1.81. The molecule has 0 spiro atoms. The Kier molecular flexibility index (Phi) is 5.98. The minimum Gasteiger partial charge on any atom is -0.464 e. The second-order valence-electron chi connectivity index (χ2n) is 6.02. The molecular formula is C14H27N5O. The van der Waals surface area contributed by atoms with Crippen molar-refractivity contribution in [2.24, 2.45) is 5.41 Å². The van der Waals surface area contributed by atoms with E-state index in [1.807, 2.05) is 18.9 Å². The second kappa shape index (κ2) is 7.26. The van der Waals surface area contributed by atoms with Gasteiger partial charge in [-0.1, -0.05) is 27.7 Å². The van der Waals surface area contributed by atoms with Gasteiger partial charge in [0.1, 0.15) is 0 Å². The maximum absolute atomic E-state index is 5.42. The van der Waals surface area contributed by atoms with E-state index in [2.05, 4.69) is 48.0 Å². The third-order valence-electron chi connectivity index (χ3n) is 2.46. The summed E-state index contributed by atoms with van der Waals surface area (Å²) >= 11 is 0. The first-order valence-electron chi connectivity index (χ1n) is 7.19. The standard InChI is InChI=1S/C14H27N5O/c1-7-9-15-11-16-12(18-13(17-11)20-8-2)19(6)10-14(3,4)5/h7-10H2,1-6H3,(H,15,16,17,18). The molecule has 1 aromatic rings. The molecule has 0 atom stereocenters. The van der Waals surface area contributed by atoms with Crippen LogP contribution < -0.4 is 15.0 Å². The van der Waals surface area contributed by atoms with E-state index in [1.54, 1.807) is 0 Å². The summed E-state index contributed by atoms with van der Waals surface area (Å²) in [5.41, 5.74) is 0.171. The van der Waals surface area contributed by atoms with Gasteiger partial charge in [0.2, 0.25) is 11.9 Å². The van der Waals surface area contributed by atoms with Crippen molar-refractivity contribution in [2.45, 2.75) is 41.0 Å². The van der Waals surface area contributed by atoms with E-state index in [4.69, 9.17) is 4.74 Å². The van der Waals surface area contributed by atoms with Gasteiger partial charge in [-0.3, -0.25) is 0 Å². The van der Waals surface area contributed by atoms with Crippen molar-refractivity contribution >= 4 is 11.9 Å². The van der Waals surface area contributed by atoms with Crippen LogP contribution in [0, 0.1) is 5.41 Å². The molecule has 0 saturated heterocycles. The molecule has 0 amide bonds. The molecule has 0 bridgehead atoms. The summed E-state index contributed by atoms with van der Waals surface area (Å²) in [5, 5.41) is 3.18. The lowest BCUT2D eigenvalue weighted by Gasteiger charge is -2.26. The second-order valence-corrected chi connectivity index (χ2v) is 6.02. The summed E-state index contributed by atoms with van der Waals surface area (Å²) in [4.78, 5) is 15.1. The fraction of sp³-hybridized carbons (Fsp3) is 0.786. The van der Waals surface area contributed by atoms with E-state index in [0.717, 1.165) is 19.5 Å². The molecule has 20 heavy (non-hydrogen) atoms. The maximum atomic E-state index is 5.42. The lowest BCUT2D eigenvalue weighted by molar-refractivity contribution is 0.311. The average molecular weight is 281 g/mol. The highest BCUT2D eigenvalue weighted by molar-refractivity contribution is 5.37. The summed E-state index contributed by atoms with van der Waals surface area (Å²) < 4.78 is 5.42. The number of aromatic nitrogens is 3. The van der Waals surface area contributed by atoms with Gasteiger partial charge in [0, 0.05) is 20.1 Å². The Hall–Kier alpha value is -1.59. The first-order chi connectivity index (χ1) is 9.35. The van der Waals surface area contributed by atoms with Gasteiger partial charge in [-0.2, -0.15) is 15.0 Å². The summed E-state index contributed by atoms with van der Waals surface area (Å²) in [6.45, 7) is 12.8. The van der Waals surface area contributed by atoms with Gasteiger partial charge in [-0.15, -0.1) is 0 Å². The highest BCUT2D eigenvalue weighted by atomic mass is 16.5. The van der Waals surface area contributed by atoms with E-state index in [1.165, 1.54) is 0 Å². The first kappa shape index (κ1) is 16.5. The minimum atomic E-state index is 0.171. The Labute approximate surface area is 122 Å². The predicted octanol–water partition coefficient (Wildman–Crippen LogP) is 2.57. The molecule has 1 aromatic heterocycles. The lowest BCUT2D eigenvalue weighted by Crippen LogP contribution is -2.30. The van der Waals surface area contributed by atoms with Crippen molar-refractivity contribution in [2.75, 3.05) is 37.0 Å². The molecule has 1 heterocycles. The molecule has 1 rings (SSSR count). The Bertz CT molecular complexity index is 417. The van der Waals surface area contributed by atoms with Gasteiger partial charge in [0.05, 0.1) is 6.61 Å². The number of hydrogen-bond donors (Lipinski definition) is 1. The topological polar surface area (TPSA) is 63.2 Å². The highest BCUT2D eigenvalue weighted by Gasteiger charge is 2.17. The molecule has 0 fully saturated rings. The molecular weight excluding hydrogens is 254 g/mol. The Balaban J connectivity index is 2.95. The Morgan fingerprint density at radius 3 is 2.40 bits per heavy atom. The summed E-state index contributed by atoms with van der Waals surface area (Å²) in [5.74, 6) is 1.21. The minimum absolute atomic E-state index is 0.171. The van der Waals surface area contributed by atoms with E-state index in [-0.39, 0.29) is 5.41 Å². The predicted molar refractivity (Wildman–Crippen MR) is 82.5 cm³/mol. The third kappa shape index (κ3) is 5.59. The Morgan fingerprint density at radius 2 is 1.85 bits per heavy atom. The third-order valence-corrected chi connectivity index (χ3v) is 2.46. The molecule has 114 valence electrons. The molecule has 1 N–H and O–H groups in total. The van der Waals surface area contributed by atoms with Crippen LogP contribution in [0.3, 0.4) is 0 Å². The van der Waals surface area contributed by atoms with Crippen LogP contribution in [-0.4, -0.2) is 41.7 Å². The highest BCUT2D eigenvalue weighted by Crippen LogP contribution is 2.19. The number of nitrogens with one attached hydrogen (secondary N) is 1. The van der Waals surface area contributed by atoms with E-state index in [9.17, 15) is 0 Å². The van der Waals surface area contributed by atoms with Crippen LogP contribution in [0.25, 0.3) is 0 Å². The van der Waals surface area contributed by atoms with Crippen LogP contribution in [-0.2, 0) is 0 Å². The van der Waals surface area contributed by atoms with Crippen molar-refractivity contribution < 1.29 is 4.74 Å². The SMILES string of the molecule is CCCNc1nc(OCC)nc(N(C)CC(C)(C)C)n1. The van der Waals surface area contributed by atoms with Crippen molar-refractivity contribution in [3.63, 3.8) is 0 Å². The van der Waals surface area contributed by atoms with E-state index in [0.29, 0.717) is 24.5 Å². The van der Waals surface area contributed by atoms with Gasteiger partial charge in [0.25, 0.3) is 0 Å². The van der Waals surface area contributed by atoms with Gasteiger partial charge in [-0.25, -0.2) is 0 Å². The van der Waals surface area contributed by atoms with E-state index < -0.39 is 0 Å². The molecule has 0 aliphatic heterocycles. The summed E-state index contributed by atoms with van der Waals surface area (Å²) in [6.07, 6.45) is 1.02. The van der Waals surface area contributed by atoms with Crippen molar-refractivity contribution in [3.8, 4) is 6.01 Å². The van der Waals surface area contributed by atoms with Crippen molar-refractivity contribution in [1.29, 1.82) is 0 Å². The molecule has 0 saturated carbocycles. The zero-order chi connectivity index (χ0) is 15.2. The maximum Gasteiger partial charge on any atom is 0.323 e. The van der Waals surface area contributed by atoms with Gasteiger partial charge >= 0.3 is 6.01 Å². The fourth-order valence-corrected chi connectivity index (χ4v) is 1.81. The van der Waals surface area contributed by atoms with Crippen LogP contribution in [0.1, 0.15) is 41.0 Å². The largest absolute Gasteiger partial charge is 0.464 e. The van der Waals surface area contributed by atoms with Crippen molar-refractivity contribution in [3.05, 3.63) is 0 Å². The molecule has 0 aliphatic carbocycles. The smallest absolute Gasteiger partial charge is 0.323 e. The molecule has 0 aromatic carbocycles. The van der Waals surface area contributed by atoms with Gasteiger partial charge in [-0.05, 0) is 18.8 Å². The Morgan fingerprint density at radius 1 is 1.15 bits per heavy atom. The molecule has 0 unspecified atom stereocenters. The van der Waals surface area contributed by atoms with Gasteiger partial charge < -0.3 is 15.0 Å². The number of rotatable bonds is 7. The molecule has 6 heteroatoms. The molecule has 6 nitrogen and oxygen atoms in total. The lowest BCUT2D eigenvalue weighted by atomic mass is 9.96. The van der Waals surface area contributed by atoms with Crippen LogP contribution in [0.4, 0.5) is 11.9 Å². The summed E-state index contributed by atoms with van der Waals surface area (Å²) in [6, 6.07) is 0.372. The quantitative estimate of drug-likeness (QED) is 0.828. The molecule has 0 radical (unpaired) electrons. The number of nitrogens with zero attached hydrogens (tertiary/aromatic N) is 4. The number of hydrogen-bond acceptors (Lipinski definition) is 6. The summed E-state index contributed by atoms with van der Waals surface area (Å²) in [7, 11) is 1.99. The molecule has 0 aliphatic rings. The van der Waals surface area contributed by atoms with Crippen molar-refractivity contribution in [1.82, 2.24) is 15.0 Å². The number of ether oxygens (including phenoxy) is 1. The van der Waals surface area contributed by atoms with Crippen LogP contribution >= 0.6 is 0 Å². The monoisotopic (exact) mass is 281 g/mol.